The highest BCUT2D eigenvalue weighted by Gasteiger charge is 2.27. The van der Waals surface area contributed by atoms with Crippen LogP contribution in [-0.2, 0) is 0 Å². The number of fused-ring (bicyclic) bond motifs is 1. The fourth-order valence-corrected chi connectivity index (χ4v) is 2.55. The lowest BCUT2D eigenvalue weighted by Crippen LogP contribution is -1.98. The van der Waals surface area contributed by atoms with Gasteiger partial charge in [0.2, 0.25) is 0 Å². The third-order valence-electron chi connectivity index (χ3n) is 3.60. The standard InChI is InChI=1S/C15H14N4/c1-10-8-13(12-4-2-3-5-14(12)17-10)15-18-16-9-19(15)11-6-7-11/h2-5,8-9,11H,6-7H2,1H3. The minimum Gasteiger partial charge on any atom is -0.310 e. The molecule has 0 bridgehead atoms. The van der Waals surface area contributed by atoms with Gasteiger partial charge in [0.15, 0.2) is 5.82 Å². The Balaban J connectivity index is 2.01. The van der Waals surface area contributed by atoms with Crippen molar-refractivity contribution in [3.8, 4) is 11.4 Å². The summed E-state index contributed by atoms with van der Waals surface area (Å²) < 4.78 is 2.20. The van der Waals surface area contributed by atoms with Crippen LogP contribution < -0.4 is 0 Å². The second-order valence-corrected chi connectivity index (χ2v) is 5.12. The highest BCUT2D eigenvalue weighted by Crippen LogP contribution is 2.38. The monoisotopic (exact) mass is 250 g/mol. The number of hydrogen-bond donors (Lipinski definition) is 0. The zero-order chi connectivity index (χ0) is 12.8. The van der Waals surface area contributed by atoms with E-state index in [1.165, 1.54) is 12.8 Å². The first-order valence-corrected chi connectivity index (χ1v) is 6.59. The molecule has 0 N–H and O–H groups in total. The van der Waals surface area contributed by atoms with Crippen molar-refractivity contribution < 1.29 is 0 Å². The lowest BCUT2D eigenvalue weighted by atomic mass is 10.1. The van der Waals surface area contributed by atoms with Crippen LogP contribution >= 0.6 is 0 Å². The van der Waals surface area contributed by atoms with Gasteiger partial charge >= 0.3 is 0 Å². The third-order valence-corrected chi connectivity index (χ3v) is 3.60. The molecule has 2 aromatic heterocycles. The molecule has 0 amide bonds. The maximum atomic E-state index is 4.58. The number of nitrogens with zero attached hydrogens (tertiary/aromatic N) is 4. The molecule has 19 heavy (non-hydrogen) atoms. The fourth-order valence-electron chi connectivity index (χ4n) is 2.55. The maximum Gasteiger partial charge on any atom is 0.164 e. The molecular formula is C15H14N4. The van der Waals surface area contributed by atoms with Crippen molar-refractivity contribution in [3.63, 3.8) is 0 Å². The summed E-state index contributed by atoms with van der Waals surface area (Å²) in [4.78, 5) is 4.58. The normalized spacial score (nSPS) is 15.0. The van der Waals surface area contributed by atoms with E-state index in [2.05, 4.69) is 31.9 Å². The van der Waals surface area contributed by atoms with Crippen LogP contribution in [0.25, 0.3) is 22.3 Å². The summed E-state index contributed by atoms with van der Waals surface area (Å²) in [6, 6.07) is 10.9. The van der Waals surface area contributed by atoms with Gasteiger partial charge in [-0.1, -0.05) is 18.2 Å². The van der Waals surface area contributed by atoms with Gasteiger partial charge in [-0.05, 0) is 31.9 Å². The summed E-state index contributed by atoms with van der Waals surface area (Å²) in [5, 5.41) is 9.55. The summed E-state index contributed by atoms with van der Waals surface area (Å²) in [5.41, 5.74) is 3.16. The number of para-hydroxylation sites is 1. The van der Waals surface area contributed by atoms with E-state index in [-0.39, 0.29) is 0 Å². The number of aromatic nitrogens is 4. The molecule has 1 fully saturated rings. The van der Waals surface area contributed by atoms with Gasteiger partial charge in [-0.15, -0.1) is 10.2 Å². The number of benzene rings is 1. The van der Waals surface area contributed by atoms with Crippen molar-refractivity contribution in [3.05, 3.63) is 42.4 Å². The summed E-state index contributed by atoms with van der Waals surface area (Å²) in [6.07, 6.45) is 4.30. The summed E-state index contributed by atoms with van der Waals surface area (Å²) in [6.45, 7) is 2.02. The highest BCUT2D eigenvalue weighted by atomic mass is 15.3. The van der Waals surface area contributed by atoms with Gasteiger partial charge in [0.1, 0.15) is 6.33 Å². The average molecular weight is 250 g/mol. The van der Waals surface area contributed by atoms with E-state index in [1.807, 2.05) is 31.5 Å². The van der Waals surface area contributed by atoms with E-state index in [4.69, 9.17) is 0 Å². The predicted octanol–water partition coefficient (Wildman–Crippen LogP) is 3.14. The molecule has 1 aliphatic carbocycles. The molecule has 4 nitrogen and oxygen atoms in total. The lowest BCUT2D eigenvalue weighted by molar-refractivity contribution is 0.746. The van der Waals surface area contributed by atoms with Crippen molar-refractivity contribution in [1.29, 1.82) is 0 Å². The number of aryl methyl sites for hydroxylation is 1. The number of rotatable bonds is 2. The van der Waals surface area contributed by atoms with Gasteiger partial charge in [0.25, 0.3) is 0 Å². The molecule has 0 unspecified atom stereocenters. The van der Waals surface area contributed by atoms with Crippen LogP contribution in [0.3, 0.4) is 0 Å². The largest absolute Gasteiger partial charge is 0.310 e. The second kappa shape index (κ2) is 3.88. The molecule has 4 heteroatoms. The Hall–Kier alpha value is -2.23. The first kappa shape index (κ1) is 10.7. The molecule has 1 saturated carbocycles. The Kier molecular flexibility index (Phi) is 2.18. The van der Waals surface area contributed by atoms with Crippen LogP contribution in [0.1, 0.15) is 24.6 Å². The van der Waals surface area contributed by atoms with Crippen LogP contribution in [0.15, 0.2) is 36.7 Å². The first-order valence-electron chi connectivity index (χ1n) is 6.59. The van der Waals surface area contributed by atoms with Crippen molar-refractivity contribution in [2.75, 3.05) is 0 Å². The Bertz CT molecular complexity index is 756. The fraction of sp³-hybridized carbons (Fsp3) is 0.267. The Labute approximate surface area is 111 Å². The molecule has 0 aliphatic heterocycles. The van der Waals surface area contributed by atoms with Crippen molar-refractivity contribution in [1.82, 2.24) is 19.7 Å². The molecule has 0 atom stereocenters. The summed E-state index contributed by atoms with van der Waals surface area (Å²) >= 11 is 0. The molecule has 1 aromatic carbocycles. The van der Waals surface area contributed by atoms with E-state index in [0.717, 1.165) is 28.0 Å². The summed E-state index contributed by atoms with van der Waals surface area (Å²) in [5.74, 6) is 0.962. The molecule has 0 saturated heterocycles. The van der Waals surface area contributed by atoms with Crippen LogP contribution in [0.4, 0.5) is 0 Å². The topological polar surface area (TPSA) is 43.6 Å². The van der Waals surface area contributed by atoms with Gasteiger partial charge in [-0.3, -0.25) is 4.98 Å². The molecule has 94 valence electrons. The molecule has 0 radical (unpaired) electrons. The smallest absolute Gasteiger partial charge is 0.164 e. The van der Waals surface area contributed by atoms with Gasteiger partial charge in [-0.25, -0.2) is 0 Å². The minimum absolute atomic E-state index is 0.581. The van der Waals surface area contributed by atoms with Gasteiger partial charge in [0, 0.05) is 22.7 Å². The van der Waals surface area contributed by atoms with Gasteiger partial charge < -0.3 is 4.57 Å². The van der Waals surface area contributed by atoms with E-state index in [9.17, 15) is 0 Å². The quantitative estimate of drug-likeness (QED) is 0.701. The van der Waals surface area contributed by atoms with Crippen LogP contribution in [0.5, 0.6) is 0 Å². The second-order valence-electron chi connectivity index (χ2n) is 5.12. The number of hydrogen-bond acceptors (Lipinski definition) is 3. The van der Waals surface area contributed by atoms with E-state index in [1.54, 1.807) is 0 Å². The third kappa shape index (κ3) is 1.71. The summed E-state index contributed by atoms with van der Waals surface area (Å²) in [7, 11) is 0. The average Bonchev–Trinajstić information content (AvgIpc) is 3.15. The highest BCUT2D eigenvalue weighted by molar-refractivity contribution is 5.92. The Morgan fingerprint density at radius 3 is 2.89 bits per heavy atom. The Morgan fingerprint density at radius 2 is 2.05 bits per heavy atom. The lowest BCUT2D eigenvalue weighted by Gasteiger charge is -2.09. The maximum absolute atomic E-state index is 4.58. The Morgan fingerprint density at radius 1 is 1.21 bits per heavy atom. The van der Waals surface area contributed by atoms with Gasteiger partial charge in [-0.2, -0.15) is 0 Å². The minimum atomic E-state index is 0.581. The van der Waals surface area contributed by atoms with E-state index in [0.29, 0.717) is 6.04 Å². The van der Waals surface area contributed by atoms with Crippen LogP contribution in [0, 0.1) is 6.92 Å². The molecule has 3 aromatic rings. The van der Waals surface area contributed by atoms with E-state index >= 15 is 0 Å². The zero-order valence-electron chi connectivity index (χ0n) is 10.7. The molecule has 1 aliphatic rings. The van der Waals surface area contributed by atoms with Crippen molar-refractivity contribution >= 4 is 10.9 Å². The van der Waals surface area contributed by atoms with E-state index < -0.39 is 0 Å². The van der Waals surface area contributed by atoms with Crippen molar-refractivity contribution in [2.45, 2.75) is 25.8 Å². The number of pyridine rings is 1. The molecule has 4 rings (SSSR count). The van der Waals surface area contributed by atoms with Crippen LogP contribution in [0.2, 0.25) is 0 Å². The molecule has 2 heterocycles. The van der Waals surface area contributed by atoms with Crippen LogP contribution in [-0.4, -0.2) is 19.7 Å². The zero-order valence-corrected chi connectivity index (χ0v) is 10.7. The molecule has 0 spiro atoms. The SMILES string of the molecule is Cc1cc(-c2nncn2C2CC2)c2ccccc2n1. The van der Waals surface area contributed by atoms with Crippen molar-refractivity contribution in [2.24, 2.45) is 0 Å². The first-order chi connectivity index (χ1) is 9.33. The molecular weight excluding hydrogens is 236 g/mol. The predicted molar refractivity (Wildman–Crippen MR) is 73.8 cm³/mol. The van der Waals surface area contributed by atoms with Gasteiger partial charge in [0.05, 0.1) is 5.52 Å².